The number of hydrogen-bond donors (Lipinski definition) is 24. The van der Waals surface area contributed by atoms with Gasteiger partial charge in [0.05, 0.1) is 18.4 Å². The first-order chi connectivity index (χ1) is 69.4. The van der Waals surface area contributed by atoms with Gasteiger partial charge >= 0.3 is 71.8 Å². The Bertz CT molecular complexity index is 6080. The molecule has 0 aliphatic carbocycles. The minimum absolute atomic E-state index is 0.0195. The van der Waals surface area contributed by atoms with Crippen LogP contribution in [0.4, 0.5) is 18.4 Å². The highest BCUT2D eigenvalue weighted by Crippen LogP contribution is 2.22. The van der Waals surface area contributed by atoms with E-state index in [0.29, 0.717) is 22.3 Å². The average Bonchev–Trinajstić information content (AvgIpc) is 0.831. The van der Waals surface area contributed by atoms with Gasteiger partial charge in [0.1, 0.15) is 60.4 Å². The van der Waals surface area contributed by atoms with E-state index in [1.54, 1.807) is 12.1 Å². The number of aliphatic carboxylic acids is 10. The third kappa shape index (κ3) is 40.6. The number of carbonyl (C=O) groups excluding carboxylic acids is 12. The molecule has 0 aliphatic heterocycles. The summed E-state index contributed by atoms with van der Waals surface area (Å²) in [5.41, 5.74) is 2.00. The van der Waals surface area contributed by atoms with Crippen molar-refractivity contribution in [2.75, 3.05) is 13.1 Å². The molecule has 0 aliphatic rings. The summed E-state index contributed by atoms with van der Waals surface area (Å²) in [5.74, 6) is -24.5. The standard InChI is InChI=1S/2C48H53FN8O16/c49-37-17-14-31(25-51-37)42(65)53-32(15-18-38(58)59)45(68)55-36(23-40(62)63)44(67)52-24-26-8-12-29(13-9-26)41(64)54-35(22-27-10-11-28-5-1-2-6-30(28)21-27)43(66)50-20-4-3-7-33(46(69)70)56-48(73)57-34(47(71)72)16-19-39(60)61;49-37-23-31(18-20-50-37)42(65)53-32(14-16-38(58)59)45(68)55-36(24-40(62)63)44(67)52-25-26-8-12-29(13-9-26)41(64)54-35(22-27-10-11-28-5-1-2-6-30(28)21-27)43(66)51-19-4-3-7-33(46(69)70)56-48(73)57-34(47(71)72)15-17-39(60)61/h1-2,5-6,8-14,17,21,25,32-36H,3-4,7,15-16,18-20,22-24H2,(H,50,66)(H,52,67)(H,53,65)(H,54,64)(H,55,68)(H,58,59)(H,60,61)(H,62,63)(H,69,70)(H,71,72)(H2,56,57,73);1-2,5-6,8-13,18,20-21,23,32-36H,3-4,7,14-17,19,22,24-25H2,(H,51,66)(H,52,67)(H,53,65)(H,54,64)(H,55,68)(H,58,59)(H,60,61)(H,62,63)(H,69,70)(H,71,72)(H2,56,57,73)/i2*49-1. The SMILES string of the molecule is O=C(O)CCC(NC(=O)NC(CCCCNC(=O)C(Cc1ccc2ccccc2c1)NC(=O)c1ccc(CNC(=O)C(CC(=O)O)NC(=O)C(CCC(=O)O)NC(=O)c2ccc([18F])nc2)cc1)C(=O)O)C(=O)O.O=C(O)CCC(NC(=O)NC(CCCCNC(=O)C(Cc1ccc2ccccc2c1)NC(=O)c1ccc(CNC(=O)C(CC(=O)O)NC(=O)C(CCC(=O)O)NC(=O)c2ccnc([18F])c2)cc1)C(=O)O)C(=O)O. The van der Waals surface area contributed by atoms with Crippen LogP contribution in [-0.4, -0.2) is 265 Å². The molecule has 8 rings (SSSR count). The van der Waals surface area contributed by atoms with E-state index >= 15 is 0 Å². The van der Waals surface area contributed by atoms with Crippen molar-refractivity contribution >= 4 is 152 Å². The average molecular weight is 2030 g/mol. The third-order valence-electron chi connectivity index (χ3n) is 21.8. The van der Waals surface area contributed by atoms with Crippen molar-refractivity contribution in [3.8, 4) is 0 Å². The molecule has 0 spiro atoms. The second-order valence-corrected chi connectivity index (χ2v) is 32.9. The second-order valence-electron chi connectivity index (χ2n) is 32.9. The highest BCUT2D eigenvalue weighted by molar-refractivity contribution is 6.02. The molecule has 2 heterocycles. The molecule has 0 fully saturated rings. The number of urea groups is 2. The van der Waals surface area contributed by atoms with Crippen molar-refractivity contribution in [3.05, 3.63) is 227 Å². The number of aromatic nitrogens is 2. The first kappa shape index (κ1) is 115. The Morgan fingerprint density at radius 3 is 0.925 bits per heavy atom. The van der Waals surface area contributed by atoms with Crippen LogP contribution < -0.4 is 74.4 Å². The van der Waals surface area contributed by atoms with Gasteiger partial charge in [-0.05, 0) is 150 Å². The van der Waals surface area contributed by atoms with Gasteiger partial charge in [-0.2, -0.15) is 8.78 Å². The topological polar surface area (TPSA) is 772 Å². The summed E-state index contributed by atoms with van der Waals surface area (Å²) in [6, 6.07) is 24.2. The lowest BCUT2D eigenvalue weighted by atomic mass is 10.0. The molecule has 6 aromatic carbocycles. The van der Waals surface area contributed by atoms with Crippen molar-refractivity contribution in [2.45, 2.75) is 189 Å². The molecule has 10 atom stereocenters. The van der Waals surface area contributed by atoms with E-state index in [2.05, 4.69) is 73.8 Å². The van der Waals surface area contributed by atoms with E-state index in [-0.39, 0.29) is 99.8 Å². The van der Waals surface area contributed by atoms with Crippen LogP contribution in [-0.2, 0) is 103 Å². The smallest absolute Gasteiger partial charge is 0.326 e. The fourth-order valence-corrected chi connectivity index (χ4v) is 14.1. The zero-order valence-corrected chi connectivity index (χ0v) is 77.6. The van der Waals surface area contributed by atoms with E-state index in [9.17, 15) is 155 Å². The summed E-state index contributed by atoms with van der Waals surface area (Å²) < 4.78 is 26.9. The summed E-state index contributed by atoms with van der Waals surface area (Å²) in [6.45, 7) is -0.423. The lowest BCUT2D eigenvalue weighted by Gasteiger charge is -2.22. The van der Waals surface area contributed by atoms with E-state index in [1.165, 1.54) is 48.5 Å². The molecular formula is C96H106F2N16O32. The van der Waals surface area contributed by atoms with Crippen LogP contribution in [0, 0.1) is 11.9 Å². The molecule has 2 aromatic heterocycles. The minimum Gasteiger partial charge on any atom is -0.481 e. The Kier molecular flexibility index (Phi) is 45.8. The van der Waals surface area contributed by atoms with Crippen LogP contribution in [0.1, 0.15) is 166 Å². The number of halogens is 2. The Balaban J connectivity index is 0.000000396. The number of carbonyl (C=O) groups is 22. The number of carboxylic acid groups (broad SMARTS) is 10. The van der Waals surface area contributed by atoms with Crippen LogP contribution in [0.2, 0.25) is 0 Å². The predicted molar refractivity (Wildman–Crippen MR) is 504 cm³/mol. The van der Waals surface area contributed by atoms with Gasteiger partial charge in [0, 0.05) is 99.9 Å². The summed E-state index contributed by atoms with van der Waals surface area (Å²) in [4.78, 5) is 279. The van der Waals surface area contributed by atoms with Gasteiger partial charge < -0.3 is 126 Å². The molecular weight excluding hydrogens is 1930 g/mol. The molecule has 14 amide bonds. The summed E-state index contributed by atoms with van der Waals surface area (Å²) in [7, 11) is 0. The van der Waals surface area contributed by atoms with Crippen molar-refractivity contribution in [2.24, 2.45) is 0 Å². The maximum atomic E-state index is 13.7. The zero-order chi connectivity index (χ0) is 107. The van der Waals surface area contributed by atoms with Crippen molar-refractivity contribution in [1.82, 2.24) is 84.4 Å². The van der Waals surface area contributed by atoms with E-state index in [0.717, 1.165) is 58.2 Å². The predicted octanol–water partition coefficient (Wildman–Crippen LogP) is 2.62. The van der Waals surface area contributed by atoms with Gasteiger partial charge in [-0.25, -0.2) is 38.7 Å². The molecule has 0 bridgehead atoms. The highest BCUT2D eigenvalue weighted by atomic mass is 18.2. The number of nitrogens with one attached hydrogen (secondary N) is 14. The fourth-order valence-electron chi connectivity index (χ4n) is 14.1. The summed E-state index contributed by atoms with van der Waals surface area (Å²) >= 11 is 0. The monoisotopic (exact) mass is 2030 g/mol. The number of carboxylic acids is 10. The second kappa shape index (κ2) is 58.2. The maximum absolute atomic E-state index is 13.7. The number of nitrogens with zero attached hydrogens (tertiary/aromatic N) is 2. The normalized spacial score (nSPS) is 12.8. The van der Waals surface area contributed by atoms with Crippen molar-refractivity contribution in [1.29, 1.82) is 0 Å². The first-order valence-corrected chi connectivity index (χ1v) is 45.0. The molecule has 10 unspecified atom stereocenters. The molecule has 0 radical (unpaired) electrons. The van der Waals surface area contributed by atoms with Crippen molar-refractivity contribution in [3.63, 3.8) is 0 Å². The molecule has 776 valence electrons. The minimum atomic E-state index is -1.71. The van der Waals surface area contributed by atoms with Gasteiger partial charge in [-0.15, -0.1) is 0 Å². The Hall–Kier alpha value is -18.1. The van der Waals surface area contributed by atoms with Crippen LogP contribution in [0.25, 0.3) is 21.5 Å². The number of unbranched alkanes of at least 4 members (excludes halogenated alkanes) is 2. The molecule has 146 heavy (non-hydrogen) atoms. The van der Waals surface area contributed by atoms with Crippen LogP contribution in [0.15, 0.2) is 170 Å². The highest BCUT2D eigenvalue weighted by Gasteiger charge is 2.35. The van der Waals surface area contributed by atoms with Crippen LogP contribution in [0.5, 0.6) is 0 Å². The van der Waals surface area contributed by atoms with Gasteiger partial charge in [0.15, 0.2) is 0 Å². The Morgan fingerprint density at radius 2 is 0.582 bits per heavy atom. The van der Waals surface area contributed by atoms with Gasteiger partial charge in [0.2, 0.25) is 47.3 Å². The largest absolute Gasteiger partial charge is 0.481 e. The number of pyridine rings is 2. The maximum Gasteiger partial charge on any atom is 0.326 e. The molecule has 0 saturated heterocycles. The quantitative estimate of drug-likeness (QED) is 0.0192. The summed E-state index contributed by atoms with van der Waals surface area (Å²) in [6.07, 6.45) is -3.50. The number of hydrogen-bond acceptors (Lipinski definition) is 24. The van der Waals surface area contributed by atoms with E-state index < -0.39 is 267 Å². The lowest BCUT2D eigenvalue weighted by molar-refractivity contribution is -0.142. The fraction of sp³-hybridized carbons (Fsp3) is 0.333. The first-order valence-electron chi connectivity index (χ1n) is 45.0. The van der Waals surface area contributed by atoms with E-state index in [1.807, 2.05) is 83.4 Å². The molecule has 0 saturated carbocycles. The van der Waals surface area contributed by atoms with Gasteiger partial charge in [-0.1, -0.05) is 109 Å². The molecule has 48 nitrogen and oxygen atoms in total. The van der Waals surface area contributed by atoms with Crippen molar-refractivity contribution < 1.29 is 165 Å². The summed E-state index contributed by atoms with van der Waals surface area (Å²) in [5, 5.41) is 130. The van der Waals surface area contributed by atoms with Crippen LogP contribution >= 0.6 is 0 Å². The molecule has 8 aromatic rings. The molecule has 50 heteroatoms. The van der Waals surface area contributed by atoms with Crippen LogP contribution in [0.3, 0.4) is 0 Å². The number of fused-ring (bicyclic) bond motifs is 2. The van der Waals surface area contributed by atoms with Gasteiger partial charge in [0.25, 0.3) is 23.6 Å². The number of rotatable bonds is 58. The third-order valence-corrected chi connectivity index (χ3v) is 21.8. The number of benzene rings is 6. The Morgan fingerprint density at radius 1 is 0.260 bits per heavy atom. The van der Waals surface area contributed by atoms with Gasteiger partial charge in [-0.3, -0.25) is 76.7 Å². The zero-order valence-electron chi connectivity index (χ0n) is 77.6. The van der Waals surface area contributed by atoms with E-state index in [4.69, 9.17) is 10.2 Å². The lowest BCUT2D eigenvalue weighted by Crippen LogP contribution is -2.54. The Labute approximate surface area is 827 Å². The number of amides is 14. The molecule has 24 N–H and O–H groups in total.